The molecule has 0 atom stereocenters. The van der Waals surface area contributed by atoms with Crippen LogP contribution in [0.5, 0.6) is 0 Å². The van der Waals surface area contributed by atoms with Gasteiger partial charge >= 0.3 is 0 Å². The molecule has 0 saturated heterocycles. The van der Waals surface area contributed by atoms with Crippen LogP contribution in [0.15, 0.2) is 60.8 Å². The van der Waals surface area contributed by atoms with Gasteiger partial charge in [0.2, 0.25) is 5.78 Å². The summed E-state index contributed by atoms with van der Waals surface area (Å²) in [6, 6.07) is 16.2. The number of halogens is 1. The van der Waals surface area contributed by atoms with Crippen molar-refractivity contribution in [1.82, 2.24) is 15.0 Å². The molecule has 1 aromatic heterocycles. The first-order chi connectivity index (χ1) is 9.75. The average Bonchev–Trinajstić information content (AvgIpc) is 2.97. The molecular weight excluding hydrogens is 274 g/mol. The molecule has 5 heteroatoms. The summed E-state index contributed by atoms with van der Waals surface area (Å²) in [5.74, 6) is -0.143. The Kier molecular flexibility index (Phi) is 3.31. The summed E-state index contributed by atoms with van der Waals surface area (Å²) in [5, 5.41) is 8.39. The van der Waals surface area contributed by atoms with Crippen molar-refractivity contribution in [3.05, 3.63) is 77.1 Å². The van der Waals surface area contributed by atoms with E-state index in [2.05, 4.69) is 10.3 Å². The van der Waals surface area contributed by atoms with Gasteiger partial charge < -0.3 is 0 Å². The van der Waals surface area contributed by atoms with Crippen molar-refractivity contribution in [2.45, 2.75) is 0 Å². The number of aromatic nitrogens is 3. The van der Waals surface area contributed by atoms with Crippen LogP contribution in [0, 0.1) is 0 Å². The Hall–Kier alpha value is -2.46. The predicted molar refractivity (Wildman–Crippen MR) is 76.2 cm³/mol. The molecule has 0 bridgehead atoms. The van der Waals surface area contributed by atoms with Gasteiger partial charge in [0.15, 0.2) is 0 Å². The minimum Gasteiger partial charge on any atom is -0.287 e. The topological polar surface area (TPSA) is 47.8 Å². The fourth-order valence-corrected chi connectivity index (χ4v) is 2.02. The summed E-state index contributed by atoms with van der Waals surface area (Å²) in [6.45, 7) is 0. The molecule has 0 radical (unpaired) electrons. The summed E-state index contributed by atoms with van der Waals surface area (Å²) < 4.78 is 1.52. The van der Waals surface area contributed by atoms with E-state index in [9.17, 15) is 4.79 Å². The second-order valence-corrected chi connectivity index (χ2v) is 4.64. The number of carbonyl (C=O) groups is 1. The van der Waals surface area contributed by atoms with E-state index in [1.165, 1.54) is 10.9 Å². The third-order valence-electron chi connectivity index (χ3n) is 2.89. The Morgan fingerprint density at radius 2 is 1.70 bits per heavy atom. The van der Waals surface area contributed by atoms with Crippen LogP contribution in [0.2, 0.25) is 5.02 Å². The zero-order chi connectivity index (χ0) is 13.9. The smallest absolute Gasteiger partial charge is 0.213 e. The van der Waals surface area contributed by atoms with Crippen LogP contribution >= 0.6 is 11.6 Å². The molecule has 0 N–H and O–H groups in total. The lowest BCUT2D eigenvalue weighted by Crippen LogP contribution is -2.09. The van der Waals surface area contributed by atoms with E-state index in [1.807, 2.05) is 30.3 Å². The van der Waals surface area contributed by atoms with Crippen LogP contribution < -0.4 is 0 Å². The van der Waals surface area contributed by atoms with Crippen LogP contribution in [-0.2, 0) is 0 Å². The minimum atomic E-state index is -0.143. The van der Waals surface area contributed by atoms with Crippen molar-refractivity contribution >= 4 is 17.4 Å². The van der Waals surface area contributed by atoms with E-state index in [0.717, 1.165) is 5.69 Å². The molecule has 0 aliphatic rings. The predicted octanol–water partition coefficient (Wildman–Crippen LogP) is 3.15. The fraction of sp³-hybridized carbons (Fsp3) is 0. The van der Waals surface area contributed by atoms with E-state index in [1.54, 1.807) is 24.3 Å². The van der Waals surface area contributed by atoms with Gasteiger partial charge in [0.25, 0.3) is 0 Å². The van der Waals surface area contributed by atoms with Crippen molar-refractivity contribution in [2.24, 2.45) is 0 Å². The van der Waals surface area contributed by atoms with Crippen LogP contribution in [0.3, 0.4) is 0 Å². The molecule has 1 heterocycles. The Balaban J connectivity index is 2.02. The van der Waals surface area contributed by atoms with E-state index in [4.69, 9.17) is 11.6 Å². The number of carbonyl (C=O) groups excluding carboxylic acids is 1. The molecule has 0 aliphatic heterocycles. The van der Waals surface area contributed by atoms with Gasteiger partial charge in [0, 0.05) is 10.6 Å². The van der Waals surface area contributed by atoms with Gasteiger partial charge in [0.1, 0.15) is 5.69 Å². The number of benzene rings is 2. The molecule has 0 aliphatic carbocycles. The van der Waals surface area contributed by atoms with Gasteiger partial charge in [-0.25, -0.2) is 4.68 Å². The monoisotopic (exact) mass is 283 g/mol. The summed E-state index contributed by atoms with van der Waals surface area (Å²) in [7, 11) is 0. The summed E-state index contributed by atoms with van der Waals surface area (Å²) in [4.78, 5) is 12.5. The first kappa shape index (κ1) is 12.6. The Bertz CT molecular complexity index is 735. The molecule has 4 nitrogen and oxygen atoms in total. The van der Waals surface area contributed by atoms with E-state index < -0.39 is 0 Å². The highest BCUT2D eigenvalue weighted by Crippen LogP contribution is 2.15. The maximum Gasteiger partial charge on any atom is 0.213 e. The molecule has 0 amide bonds. The van der Waals surface area contributed by atoms with Gasteiger partial charge in [-0.2, -0.15) is 0 Å². The van der Waals surface area contributed by atoms with Crippen molar-refractivity contribution < 1.29 is 4.79 Å². The van der Waals surface area contributed by atoms with Gasteiger partial charge in [-0.05, 0) is 36.4 Å². The molecule has 20 heavy (non-hydrogen) atoms. The molecule has 0 fully saturated rings. The zero-order valence-electron chi connectivity index (χ0n) is 10.4. The number of hydrogen-bond acceptors (Lipinski definition) is 3. The highest BCUT2D eigenvalue weighted by atomic mass is 35.5. The summed E-state index contributed by atoms with van der Waals surface area (Å²) in [5.41, 5.74) is 1.76. The molecule has 2 aromatic carbocycles. The van der Waals surface area contributed by atoms with Crippen molar-refractivity contribution in [3.8, 4) is 5.69 Å². The van der Waals surface area contributed by atoms with Crippen LogP contribution in [0.25, 0.3) is 5.69 Å². The van der Waals surface area contributed by atoms with E-state index >= 15 is 0 Å². The van der Waals surface area contributed by atoms with Crippen LogP contribution in [0.4, 0.5) is 0 Å². The molecule has 0 spiro atoms. The van der Waals surface area contributed by atoms with Gasteiger partial charge in [-0.1, -0.05) is 35.0 Å². The number of ketones is 1. The largest absolute Gasteiger partial charge is 0.287 e. The molecule has 3 rings (SSSR count). The highest BCUT2D eigenvalue weighted by Gasteiger charge is 2.16. The normalized spacial score (nSPS) is 10.4. The van der Waals surface area contributed by atoms with Crippen LogP contribution in [0.1, 0.15) is 16.1 Å². The Morgan fingerprint density at radius 3 is 2.40 bits per heavy atom. The molecule has 3 aromatic rings. The highest BCUT2D eigenvalue weighted by molar-refractivity contribution is 6.30. The summed E-state index contributed by atoms with van der Waals surface area (Å²) in [6.07, 6.45) is 1.46. The fourth-order valence-electron chi connectivity index (χ4n) is 1.90. The van der Waals surface area contributed by atoms with E-state index in [0.29, 0.717) is 16.3 Å². The quantitative estimate of drug-likeness (QED) is 0.694. The summed E-state index contributed by atoms with van der Waals surface area (Å²) >= 11 is 5.83. The first-order valence-electron chi connectivity index (χ1n) is 6.02. The van der Waals surface area contributed by atoms with E-state index in [-0.39, 0.29) is 5.78 Å². The van der Waals surface area contributed by atoms with Gasteiger partial charge in [-0.3, -0.25) is 4.79 Å². The average molecular weight is 284 g/mol. The van der Waals surface area contributed by atoms with Crippen molar-refractivity contribution in [3.63, 3.8) is 0 Å². The minimum absolute atomic E-state index is 0.143. The third-order valence-corrected chi connectivity index (χ3v) is 3.14. The second-order valence-electron chi connectivity index (χ2n) is 4.20. The zero-order valence-corrected chi connectivity index (χ0v) is 11.2. The molecular formula is C15H10ClN3O. The number of nitrogens with zero attached hydrogens (tertiary/aromatic N) is 3. The molecule has 98 valence electrons. The first-order valence-corrected chi connectivity index (χ1v) is 6.40. The molecule has 0 saturated carbocycles. The van der Waals surface area contributed by atoms with Gasteiger partial charge in [-0.15, -0.1) is 5.10 Å². The lowest BCUT2D eigenvalue weighted by atomic mass is 10.1. The standard InChI is InChI=1S/C15H10ClN3O/c16-12-8-6-11(7-9-12)15(20)14-10-17-18-19(14)13-4-2-1-3-5-13/h1-10H. The molecule has 0 unspecified atom stereocenters. The van der Waals surface area contributed by atoms with Crippen molar-refractivity contribution in [2.75, 3.05) is 0 Å². The maximum absolute atomic E-state index is 12.5. The second kappa shape index (κ2) is 5.27. The third kappa shape index (κ3) is 2.33. The lowest BCUT2D eigenvalue weighted by molar-refractivity contribution is 0.103. The number of rotatable bonds is 3. The Labute approximate surface area is 120 Å². The van der Waals surface area contributed by atoms with Crippen LogP contribution in [-0.4, -0.2) is 20.8 Å². The lowest BCUT2D eigenvalue weighted by Gasteiger charge is -2.05. The van der Waals surface area contributed by atoms with Gasteiger partial charge in [0.05, 0.1) is 11.9 Å². The SMILES string of the molecule is O=C(c1ccc(Cl)cc1)c1cnnn1-c1ccccc1. The van der Waals surface area contributed by atoms with Crippen molar-refractivity contribution in [1.29, 1.82) is 0 Å². The maximum atomic E-state index is 12.5. The Morgan fingerprint density at radius 1 is 1.00 bits per heavy atom. The number of para-hydroxylation sites is 1. The number of hydrogen-bond donors (Lipinski definition) is 0.